The van der Waals surface area contributed by atoms with Crippen LogP contribution in [0.3, 0.4) is 0 Å². The van der Waals surface area contributed by atoms with Gasteiger partial charge >= 0.3 is 0 Å². The number of ether oxygens (including phenoxy) is 1. The van der Waals surface area contributed by atoms with E-state index in [-0.39, 0.29) is 18.5 Å². The number of hydrogen-bond acceptors (Lipinski definition) is 3. The van der Waals surface area contributed by atoms with Gasteiger partial charge in [-0.2, -0.15) is 0 Å². The third kappa shape index (κ3) is 3.59. The fourth-order valence-corrected chi connectivity index (χ4v) is 2.03. The fraction of sp³-hybridized carbons (Fsp3) is 0.545. The van der Waals surface area contributed by atoms with Crippen molar-refractivity contribution in [2.24, 2.45) is 0 Å². The van der Waals surface area contributed by atoms with Crippen LogP contribution in [-0.2, 0) is 4.74 Å². The minimum atomic E-state index is 0. The van der Waals surface area contributed by atoms with Gasteiger partial charge in [-0.05, 0) is 6.07 Å². The third-order valence-corrected chi connectivity index (χ3v) is 2.78. The Labute approximate surface area is 107 Å². The van der Waals surface area contributed by atoms with Gasteiger partial charge in [-0.1, -0.05) is 6.07 Å². The average molecular weight is 263 g/mol. The highest BCUT2D eigenvalue weighted by Gasteiger charge is 2.21. The van der Waals surface area contributed by atoms with E-state index in [1.165, 1.54) is 0 Å². The molecule has 1 unspecified atom stereocenters. The van der Waals surface area contributed by atoms with E-state index in [0.29, 0.717) is 5.88 Å². The smallest absolute Gasteiger partial charge is 0.0967 e. The first-order valence-corrected chi connectivity index (χ1v) is 5.73. The van der Waals surface area contributed by atoms with Crippen molar-refractivity contribution in [3.05, 3.63) is 30.1 Å². The molecule has 0 aromatic carbocycles. The van der Waals surface area contributed by atoms with Crippen LogP contribution in [0, 0.1) is 0 Å². The molecule has 1 aromatic rings. The molecule has 1 aliphatic heterocycles. The van der Waals surface area contributed by atoms with Gasteiger partial charge in [-0.25, -0.2) is 0 Å². The molecule has 0 bridgehead atoms. The number of rotatable bonds is 3. The largest absolute Gasteiger partial charge is 0.371 e. The molecule has 5 heteroatoms. The standard InChI is InChI=1S/C11H15ClN2O.ClH/c12-3-5-14-6-7-15-11(9-14)10-2-1-4-13-8-10;/h1-2,4,8,11H,3,5-7,9H2;1H. The van der Waals surface area contributed by atoms with Crippen molar-refractivity contribution in [2.75, 3.05) is 32.1 Å². The lowest BCUT2D eigenvalue weighted by Gasteiger charge is -2.32. The minimum absolute atomic E-state index is 0. The van der Waals surface area contributed by atoms with Crippen molar-refractivity contribution >= 4 is 24.0 Å². The monoisotopic (exact) mass is 262 g/mol. The lowest BCUT2D eigenvalue weighted by atomic mass is 10.1. The zero-order valence-electron chi connectivity index (χ0n) is 9.01. The molecule has 1 saturated heterocycles. The van der Waals surface area contributed by atoms with Gasteiger partial charge < -0.3 is 4.74 Å². The lowest BCUT2D eigenvalue weighted by Crippen LogP contribution is -2.39. The molecule has 3 nitrogen and oxygen atoms in total. The summed E-state index contributed by atoms with van der Waals surface area (Å²) < 4.78 is 5.72. The van der Waals surface area contributed by atoms with Crippen LogP contribution in [0.15, 0.2) is 24.5 Å². The quantitative estimate of drug-likeness (QED) is 0.781. The van der Waals surface area contributed by atoms with Gasteiger partial charge in [0.15, 0.2) is 0 Å². The topological polar surface area (TPSA) is 25.4 Å². The van der Waals surface area contributed by atoms with Crippen LogP contribution in [0.2, 0.25) is 0 Å². The first kappa shape index (κ1) is 13.7. The van der Waals surface area contributed by atoms with Crippen LogP contribution in [0.5, 0.6) is 0 Å². The summed E-state index contributed by atoms with van der Waals surface area (Å²) in [7, 11) is 0. The molecule has 2 heterocycles. The molecular formula is C11H16Cl2N2O. The zero-order chi connectivity index (χ0) is 10.5. The molecular weight excluding hydrogens is 247 g/mol. The fourth-order valence-electron chi connectivity index (χ4n) is 1.79. The van der Waals surface area contributed by atoms with Crippen LogP contribution in [0.25, 0.3) is 0 Å². The maximum absolute atomic E-state index is 5.73. The van der Waals surface area contributed by atoms with E-state index in [2.05, 4.69) is 16.0 Å². The number of aromatic nitrogens is 1. The number of morpholine rings is 1. The summed E-state index contributed by atoms with van der Waals surface area (Å²) in [5.74, 6) is 0.680. The lowest BCUT2D eigenvalue weighted by molar-refractivity contribution is -0.0280. The number of nitrogens with zero attached hydrogens (tertiary/aromatic N) is 2. The van der Waals surface area contributed by atoms with Gasteiger partial charge in [-0.15, -0.1) is 24.0 Å². The van der Waals surface area contributed by atoms with Gasteiger partial charge in [0.2, 0.25) is 0 Å². The summed E-state index contributed by atoms with van der Waals surface area (Å²) in [6.45, 7) is 3.60. The molecule has 0 saturated carbocycles. The molecule has 0 N–H and O–H groups in total. The Morgan fingerprint density at radius 3 is 3.12 bits per heavy atom. The van der Waals surface area contributed by atoms with Gasteiger partial charge in [0.05, 0.1) is 12.7 Å². The van der Waals surface area contributed by atoms with Crippen molar-refractivity contribution in [2.45, 2.75) is 6.10 Å². The Morgan fingerprint density at radius 2 is 2.44 bits per heavy atom. The van der Waals surface area contributed by atoms with Crippen LogP contribution < -0.4 is 0 Å². The third-order valence-electron chi connectivity index (χ3n) is 2.61. The molecule has 1 aromatic heterocycles. The Balaban J connectivity index is 0.00000128. The summed E-state index contributed by atoms with van der Waals surface area (Å²) in [5.41, 5.74) is 1.15. The maximum Gasteiger partial charge on any atom is 0.0967 e. The molecule has 1 atom stereocenters. The molecule has 0 amide bonds. The second kappa shape index (κ2) is 7.07. The van der Waals surface area contributed by atoms with Gasteiger partial charge in [-0.3, -0.25) is 9.88 Å². The predicted molar refractivity (Wildman–Crippen MR) is 67.3 cm³/mol. The summed E-state index contributed by atoms with van der Waals surface area (Å²) in [6, 6.07) is 4.00. The van der Waals surface area contributed by atoms with E-state index in [9.17, 15) is 0 Å². The van der Waals surface area contributed by atoms with Crippen LogP contribution in [-0.4, -0.2) is 42.0 Å². The normalized spacial score (nSPS) is 21.4. The highest BCUT2D eigenvalue weighted by Crippen LogP contribution is 2.20. The van der Waals surface area contributed by atoms with Gasteiger partial charge in [0, 0.05) is 43.5 Å². The number of halogens is 2. The van der Waals surface area contributed by atoms with Crippen LogP contribution in [0.1, 0.15) is 11.7 Å². The van der Waals surface area contributed by atoms with Crippen molar-refractivity contribution in [1.29, 1.82) is 0 Å². The highest BCUT2D eigenvalue weighted by atomic mass is 35.5. The minimum Gasteiger partial charge on any atom is -0.371 e. The maximum atomic E-state index is 5.73. The molecule has 0 aliphatic carbocycles. The van der Waals surface area contributed by atoms with Gasteiger partial charge in [0.25, 0.3) is 0 Å². The Kier molecular flexibility index (Phi) is 6.06. The van der Waals surface area contributed by atoms with E-state index in [0.717, 1.165) is 31.8 Å². The van der Waals surface area contributed by atoms with Crippen molar-refractivity contribution < 1.29 is 4.74 Å². The molecule has 90 valence electrons. The summed E-state index contributed by atoms with van der Waals surface area (Å²) in [4.78, 5) is 6.43. The molecule has 16 heavy (non-hydrogen) atoms. The molecule has 1 fully saturated rings. The van der Waals surface area contributed by atoms with E-state index < -0.39 is 0 Å². The predicted octanol–water partition coefficient (Wildman–Crippen LogP) is 2.12. The number of pyridine rings is 1. The Bertz CT molecular complexity index is 295. The van der Waals surface area contributed by atoms with Crippen LogP contribution in [0.4, 0.5) is 0 Å². The first-order valence-electron chi connectivity index (χ1n) is 5.20. The van der Waals surface area contributed by atoms with E-state index in [1.807, 2.05) is 12.3 Å². The zero-order valence-corrected chi connectivity index (χ0v) is 10.6. The SMILES string of the molecule is Cl.ClCCN1CCOC(c2cccnc2)C1. The Morgan fingerprint density at radius 1 is 1.56 bits per heavy atom. The second-order valence-corrected chi connectivity index (χ2v) is 4.01. The summed E-state index contributed by atoms with van der Waals surface area (Å²) >= 11 is 5.73. The van der Waals surface area contributed by atoms with Crippen LogP contribution >= 0.6 is 24.0 Å². The number of hydrogen-bond donors (Lipinski definition) is 0. The van der Waals surface area contributed by atoms with Crippen molar-refractivity contribution in [3.63, 3.8) is 0 Å². The molecule has 0 radical (unpaired) electrons. The second-order valence-electron chi connectivity index (χ2n) is 3.64. The first-order chi connectivity index (χ1) is 7.40. The van der Waals surface area contributed by atoms with E-state index >= 15 is 0 Å². The van der Waals surface area contributed by atoms with Gasteiger partial charge in [0.1, 0.15) is 0 Å². The molecule has 0 spiro atoms. The highest BCUT2D eigenvalue weighted by molar-refractivity contribution is 6.18. The average Bonchev–Trinajstić information content (AvgIpc) is 2.31. The molecule has 2 rings (SSSR count). The number of alkyl halides is 1. The van der Waals surface area contributed by atoms with E-state index in [4.69, 9.17) is 16.3 Å². The van der Waals surface area contributed by atoms with Crippen molar-refractivity contribution in [1.82, 2.24) is 9.88 Å². The van der Waals surface area contributed by atoms with E-state index in [1.54, 1.807) is 6.20 Å². The van der Waals surface area contributed by atoms with Crippen molar-refractivity contribution in [3.8, 4) is 0 Å². The summed E-state index contributed by atoms with van der Waals surface area (Å²) in [5, 5.41) is 0. The summed E-state index contributed by atoms with van der Waals surface area (Å²) in [6.07, 6.45) is 3.80. The molecule has 1 aliphatic rings. The Hall–Kier alpha value is -0.350.